The zero-order valence-corrected chi connectivity index (χ0v) is 7.38. The maximum absolute atomic E-state index is 11.0. The fourth-order valence-electron chi connectivity index (χ4n) is 1.24. The molecule has 1 aromatic heterocycles. The van der Waals surface area contributed by atoms with Gasteiger partial charge in [0.2, 0.25) is 0 Å². The molecule has 0 saturated heterocycles. The highest BCUT2D eigenvalue weighted by Crippen LogP contribution is 2.15. The highest BCUT2D eigenvalue weighted by atomic mass is 16.4. The number of para-hydroxylation sites is 1. The fourth-order valence-corrected chi connectivity index (χ4v) is 1.24. The summed E-state index contributed by atoms with van der Waals surface area (Å²) in [5.41, 5.74) is 0.691. The summed E-state index contributed by atoms with van der Waals surface area (Å²) in [5, 5.41) is 9.45. The van der Waals surface area contributed by atoms with Gasteiger partial charge in [-0.3, -0.25) is 4.57 Å². The molecule has 0 saturated carbocycles. The van der Waals surface area contributed by atoms with Crippen molar-refractivity contribution in [1.82, 2.24) is 4.57 Å². The first-order valence-electron chi connectivity index (χ1n) is 4.18. The van der Waals surface area contributed by atoms with E-state index in [0.29, 0.717) is 12.1 Å². The van der Waals surface area contributed by atoms with Gasteiger partial charge >= 0.3 is 5.76 Å². The van der Waals surface area contributed by atoms with Crippen molar-refractivity contribution in [3.8, 4) is 5.75 Å². The molecule has 0 aliphatic heterocycles. The SMILES string of the molecule is O=c1occn1Cc1ccccc1O. The Bertz CT molecular complexity index is 484. The number of hydrogen-bond acceptors (Lipinski definition) is 3. The van der Waals surface area contributed by atoms with Crippen LogP contribution in [0.25, 0.3) is 0 Å². The monoisotopic (exact) mass is 191 g/mol. The highest BCUT2D eigenvalue weighted by Gasteiger charge is 2.03. The molecule has 0 radical (unpaired) electrons. The molecule has 0 atom stereocenters. The number of phenols is 1. The Morgan fingerprint density at radius 1 is 1.36 bits per heavy atom. The van der Waals surface area contributed by atoms with Gasteiger partial charge in [0.1, 0.15) is 12.0 Å². The second-order valence-electron chi connectivity index (χ2n) is 2.93. The van der Waals surface area contributed by atoms with Crippen LogP contribution < -0.4 is 5.76 Å². The summed E-state index contributed by atoms with van der Waals surface area (Å²) < 4.78 is 5.99. The molecule has 0 unspecified atom stereocenters. The first-order chi connectivity index (χ1) is 6.77. The Hall–Kier alpha value is -1.97. The first kappa shape index (κ1) is 8.62. The first-order valence-corrected chi connectivity index (χ1v) is 4.18. The van der Waals surface area contributed by atoms with Gasteiger partial charge in [0.25, 0.3) is 0 Å². The maximum atomic E-state index is 11.0. The van der Waals surface area contributed by atoms with Gasteiger partial charge in [0.05, 0.1) is 6.54 Å². The molecule has 72 valence electrons. The number of aromatic hydroxyl groups is 1. The van der Waals surface area contributed by atoms with Crippen molar-refractivity contribution >= 4 is 0 Å². The van der Waals surface area contributed by atoms with Crippen molar-refractivity contribution in [2.75, 3.05) is 0 Å². The van der Waals surface area contributed by atoms with Crippen molar-refractivity contribution in [1.29, 1.82) is 0 Å². The molecule has 0 fully saturated rings. The smallest absolute Gasteiger partial charge is 0.419 e. The molecular weight excluding hydrogens is 182 g/mol. The van der Waals surface area contributed by atoms with Crippen LogP contribution in [-0.4, -0.2) is 9.67 Å². The molecular formula is C10H9NO3. The molecule has 14 heavy (non-hydrogen) atoms. The molecule has 1 aromatic carbocycles. The van der Waals surface area contributed by atoms with Crippen molar-refractivity contribution in [2.24, 2.45) is 0 Å². The zero-order chi connectivity index (χ0) is 9.97. The van der Waals surface area contributed by atoms with E-state index in [1.807, 2.05) is 0 Å². The van der Waals surface area contributed by atoms with Gasteiger partial charge in [-0.25, -0.2) is 4.79 Å². The standard InChI is InChI=1S/C10H9NO3/c12-9-4-2-1-3-8(9)7-11-5-6-14-10(11)13/h1-6,12H,7H2. The van der Waals surface area contributed by atoms with E-state index >= 15 is 0 Å². The van der Waals surface area contributed by atoms with Crippen LogP contribution in [0.1, 0.15) is 5.56 Å². The summed E-state index contributed by atoms with van der Waals surface area (Å²) >= 11 is 0. The summed E-state index contributed by atoms with van der Waals surface area (Å²) in [6.07, 6.45) is 2.86. The van der Waals surface area contributed by atoms with Crippen LogP contribution in [0.2, 0.25) is 0 Å². The fraction of sp³-hybridized carbons (Fsp3) is 0.100. The van der Waals surface area contributed by atoms with Gasteiger partial charge in [0.15, 0.2) is 0 Å². The predicted molar refractivity (Wildman–Crippen MR) is 50.2 cm³/mol. The lowest BCUT2D eigenvalue weighted by Crippen LogP contribution is -2.13. The number of hydrogen-bond donors (Lipinski definition) is 1. The molecule has 0 spiro atoms. The van der Waals surface area contributed by atoms with Crippen molar-refractivity contribution in [3.63, 3.8) is 0 Å². The third-order valence-corrected chi connectivity index (χ3v) is 1.98. The molecule has 4 heteroatoms. The number of benzene rings is 1. The summed E-state index contributed by atoms with van der Waals surface area (Å²) in [7, 11) is 0. The van der Waals surface area contributed by atoms with E-state index in [2.05, 4.69) is 4.42 Å². The lowest BCUT2D eigenvalue weighted by molar-refractivity contribution is 0.458. The zero-order valence-electron chi connectivity index (χ0n) is 7.38. The number of rotatable bonds is 2. The van der Waals surface area contributed by atoms with E-state index < -0.39 is 5.76 Å². The Morgan fingerprint density at radius 3 is 2.79 bits per heavy atom. The van der Waals surface area contributed by atoms with Crippen molar-refractivity contribution < 1.29 is 9.52 Å². The molecule has 4 nitrogen and oxygen atoms in total. The lowest BCUT2D eigenvalue weighted by Gasteiger charge is -2.02. The molecule has 2 aromatic rings. The summed E-state index contributed by atoms with van der Waals surface area (Å²) in [6, 6.07) is 6.88. The van der Waals surface area contributed by atoms with Crippen LogP contribution in [-0.2, 0) is 6.54 Å². The maximum Gasteiger partial charge on any atom is 0.419 e. The second kappa shape index (κ2) is 3.41. The van der Waals surface area contributed by atoms with Crippen LogP contribution in [0.4, 0.5) is 0 Å². The molecule has 0 bridgehead atoms. The molecule has 0 amide bonds. The number of nitrogens with zero attached hydrogens (tertiary/aromatic N) is 1. The third kappa shape index (κ3) is 1.54. The average Bonchev–Trinajstić information content (AvgIpc) is 2.56. The van der Waals surface area contributed by atoms with E-state index in [0.717, 1.165) is 0 Å². The number of aromatic nitrogens is 1. The van der Waals surface area contributed by atoms with Gasteiger partial charge in [0, 0.05) is 11.8 Å². The summed E-state index contributed by atoms with van der Waals surface area (Å²) in [5.74, 6) is -0.242. The Kier molecular flexibility index (Phi) is 2.10. The second-order valence-corrected chi connectivity index (χ2v) is 2.93. The van der Waals surface area contributed by atoms with Crippen LogP contribution in [0.5, 0.6) is 5.75 Å². The Balaban J connectivity index is 2.32. The molecule has 0 aliphatic rings. The minimum atomic E-state index is -0.423. The third-order valence-electron chi connectivity index (χ3n) is 1.98. The van der Waals surface area contributed by atoms with Gasteiger partial charge in [-0.1, -0.05) is 18.2 Å². The topological polar surface area (TPSA) is 55.4 Å². The van der Waals surface area contributed by atoms with Crippen LogP contribution in [0.15, 0.2) is 45.9 Å². The van der Waals surface area contributed by atoms with Crippen LogP contribution >= 0.6 is 0 Å². The van der Waals surface area contributed by atoms with E-state index in [-0.39, 0.29) is 5.75 Å². The average molecular weight is 191 g/mol. The molecule has 1 N–H and O–H groups in total. The van der Waals surface area contributed by atoms with Crippen LogP contribution in [0.3, 0.4) is 0 Å². The van der Waals surface area contributed by atoms with E-state index in [1.54, 1.807) is 24.3 Å². The Morgan fingerprint density at radius 2 is 2.14 bits per heavy atom. The van der Waals surface area contributed by atoms with Gasteiger partial charge in [-0.15, -0.1) is 0 Å². The van der Waals surface area contributed by atoms with E-state index in [1.165, 1.54) is 17.0 Å². The van der Waals surface area contributed by atoms with E-state index in [4.69, 9.17) is 0 Å². The van der Waals surface area contributed by atoms with Gasteiger partial charge in [-0.05, 0) is 6.07 Å². The number of oxazole rings is 1. The van der Waals surface area contributed by atoms with Crippen molar-refractivity contribution in [3.05, 3.63) is 52.8 Å². The minimum Gasteiger partial charge on any atom is -0.508 e. The minimum absolute atomic E-state index is 0.181. The summed E-state index contributed by atoms with van der Waals surface area (Å²) in [6.45, 7) is 0.321. The predicted octanol–water partition coefficient (Wildman–Crippen LogP) is 1.20. The molecule has 2 rings (SSSR count). The lowest BCUT2D eigenvalue weighted by atomic mass is 10.2. The van der Waals surface area contributed by atoms with Crippen LogP contribution in [0, 0.1) is 0 Å². The van der Waals surface area contributed by atoms with Gasteiger partial charge < -0.3 is 9.52 Å². The Labute approximate surface area is 80.0 Å². The number of phenolic OH excluding ortho intramolecular Hbond substituents is 1. The van der Waals surface area contributed by atoms with Gasteiger partial charge in [-0.2, -0.15) is 0 Å². The van der Waals surface area contributed by atoms with E-state index in [9.17, 15) is 9.90 Å². The largest absolute Gasteiger partial charge is 0.508 e. The summed E-state index contributed by atoms with van der Waals surface area (Å²) in [4.78, 5) is 11.0. The molecule has 0 aliphatic carbocycles. The normalized spacial score (nSPS) is 10.3. The van der Waals surface area contributed by atoms with Crippen molar-refractivity contribution in [2.45, 2.75) is 6.54 Å². The highest BCUT2D eigenvalue weighted by molar-refractivity contribution is 5.31. The quantitative estimate of drug-likeness (QED) is 0.775. The molecule has 1 heterocycles.